The highest BCUT2D eigenvalue weighted by Gasteiger charge is 2.42. The van der Waals surface area contributed by atoms with Gasteiger partial charge >= 0.3 is 5.69 Å². The van der Waals surface area contributed by atoms with E-state index in [0.717, 1.165) is 30.0 Å². The zero-order valence-electron chi connectivity index (χ0n) is 16.6. The molecular weight excluding hydrogens is 403 g/mol. The summed E-state index contributed by atoms with van der Waals surface area (Å²) in [7, 11) is 0. The Hall–Kier alpha value is -2.41. The van der Waals surface area contributed by atoms with E-state index in [-0.39, 0.29) is 12.8 Å². The number of ether oxygens (including phenoxy) is 1. The number of aliphatic hydroxyl groups excluding tert-OH is 2. The van der Waals surface area contributed by atoms with E-state index in [1.165, 1.54) is 6.92 Å². The average Bonchev–Trinajstić information content (AvgIpc) is 2.96. The third-order valence-corrected chi connectivity index (χ3v) is 4.85. The van der Waals surface area contributed by atoms with Crippen molar-refractivity contribution in [3.8, 4) is 0 Å². The minimum atomic E-state index is -1.42. The lowest BCUT2D eigenvalue weighted by atomic mass is 10.1. The minimum Gasteiger partial charge on any atom is -0.388 e. The monoisotopic (exact) mass is 430 g/mol. The van der Waals surface area contributed by atoms with Gasteiger partial charge in [0.25, 0.3) is 0 Å². The van der Waals surface area contributed by atoms with Gasteiger partial charge in [0.15, 0.2) is 17.9 Å². The van der Waals surface area contributed by atoms with E-state index in [9.17, 15) is 29.0 Å². The van der Waals surface area contributed by atoms with Gasteiger partial charge < -0.3 is 20.3 Å². The van der Waals surface area contributed by atoms with E-state index in [0.29, 0.717) is 12.8 Å². The number of unbranched alkanes of at least 4 members (excludes halogenated alkanes) is 4. The number of aromatic nitrogens is 2. The molecule has 11 nitrogen and oxygen atoms in total. The van der Waals surface area contributed by atoms with Crippen LogP contribution in [0, 0.1) is 5.82 Å². The first-order valence-corrected chi connectivity index (χ1v) is 9.77. The van der Waals surface area contributed by atoms with Gasteiger partial charge in [-0.3, -0.25) is 19.4 Å². The molecule has 2 heterocycles. The molecule has 1 aromatic heterocycles. The molecule has 0 spiro atoms. The van der Waals surface area contributed by atoms with Gasteiger partial charge in [-0.05, 0) is 19.8 Å². The number of aliphatic hydroxyl groups is 2. The van der Waals surface area contributed by atoms with Crippen LogP contribution in [0.15, 0.2) is 11.0 Å². The van der Waals surface area contributed by atoms with Crippen LogP contribution in [0.3, 0.4) is 0 Å². The SMILES string of the molecule is C[C@H]1O[C@@H](n2cc(F)c(NC(=O)CCCCCCCC(=O)NO)nc2=O)[C@H](O)[C@@H]1O. The van der Waals surface area contributed by atoms with Crippen molar-refractivity contribution < 1.29 is 34.1 Å². The maximum absolute atomic E-state index is 14.3. The molecule has 1 aromatic rings. The number of hydrogen-bond acceptors (Lipinski definition) is 8. The maximum atomic E-state index is 14.3. The lowest BCUT2D eigenvalue weighted by Gasteiger charge is -2.17. The third kappa shape index (κ3) is 6.29. The zero-order valence-corrected chi connectivity index (χ0v) is 16.6. The molecular formula is C18H27FN4O7. The van der Waals surface area contributed by atoms with E-state index in [2.05, 4.69) is 10.3 Å². The van der Waals surface area contributed by atoms with Gasteiger partial charge in [-0.25, -0.2) is 14.7 Å². The number of nitrogens with zero attached hydrogens (tertiary/aromatic N) is 2. The molecule has 0 aromatic carbocycles. The van der Waals surface area contributed by atoms with Crippen LogP contribution in [0.2, 0.25) is 0 Å². The fourth-order valence-electron chi connectivity index (χ4n) is 3.12. The standard InChI is InChI=1S/C18H27FN4O7/c1-10-14(26)15(27)17(30-10)23-9-11(19)16(21-18(23)28)20-12(24)7-5-3-2-4-6-8-13(25)22-29/h9-10,14-15,17,26-27,29H,2-8H2,1H3,(H,22,25)(H,20,21,24,28)/t10-,14-,15-,17-/m1/s1. The summed E-state index contributed by atoms with van der Waals surface area (Å²) in [5.41, 5.74) is 0.615. The van der Waals surface area contributed by atoms with E-state index in [4.69, 9.17) is 9.94 Å². The number of hydroxylamine groups is 1. The predicted octanol–water partition coefficient (Wildman–Crippen LogP) is 0.196. The summed E-state index contributed by atoms with van der Waals surface area (Å²) in [5, 5.41) is 30.3. The minimum absolute atomic E-state index is 0.107. The Morgan fingerprint density at radius 2 is 1.73 bits per heavy atom. The Morgan fingerprint density at radius 3 is 2.30 bits per heavy atom. The van der Waals surface area contributed by atoms with Crippen molar-refractivity contribution in [2.24, 2.45) is 0 Å². The Bertz CT molecular complexity index is 803. The third-order valence-electron chi connectivity index (χ3n) is 4.85. The summed E-state index contributed by atoms with van der Waals surface area (Å²) in [4.78, 5) is 38.5. The van der Waals surface area contributed by atoms with E-state index in [1.54, 1.807) is 5.48 Å². The van der Waals surface area contributed by atoms with Crippen molar-refractivity contribution >= 4 is 17.6 Å². The number of rotatable bonds is 10. The first-order valence-electron chi connectivity index (χ1n) is 9.77. The molecule has 0 bridgehead atoms. The quantitative estimate of drug-likeness (QED) is 0.200. The first-order chi connectivity index (χ1) is 14.2. The largest absolute Gasteiger partial charge is 0.388 e. The van der Waals surface area contributed by atoms with Crippen LogP contribution in [-0.2, 0) is 14.3 Å². The number of carbonyl (C=O) groups excluding carboxylic acids is 2. The van der Waals surface area contributed by atoms with Gasteiger partial charge in [-0.2, -0.15) is 4.98 Å². The second-order valence-corrected chi connectivity index (χ2v) is 7.19. The van der Waals surface area contributed by atoms with Gasteiger partial charge in [0, 0.05) is 12.8 Å². The van der Waals surface area contributed by atoms with Crippen LogP contribution in [-0.4, -0.2) is 55.1 Å². The molecule has 4 atom stereocenters. The van der Waals surface area contributed by atoms with Crippen LogP contribution in [0.1, 0.15) is 58.1 Å². The Morgan fingerprint density at radius 1 is 1.13 bits per heavy atom. The van der Waals surface area contributed by atoms with Crippen LogP contribution in [0.4, 0.5) is 10.2 Å². The summed E-state index contributed by atoms with van der Waals surface area (Å²) in [6.07, 6.45) is -0.112. The van der Waals surface area contributed by atoms with Crippen LogP contribution in [0.5, 0.6) is 0 Å². The number of amides is 2. The van der Waals surface area contributed by atoms with E-state index >= 15 is 0 Å². The van der Waals surface area contributed by atoms with Crippen LogP contribution >= 0.6 is 0 Å². The molecule has 0 aliphatic carbocycles. The van der Waals surface area contributed by atoms with Crippen molar-refractivity contribution in [1.82, 2.24) is 15.0 Å². The van der Waals surface area contributed by atoms with Gasteiger partial charge in [0.1, 0.15) is 12.2 Å². The zero-order chi connectivity index (χ0) is 22.3. The summed E-state index contributed by atoms with van der Waals surface area (Å²) in [5.74, 6) is -2.43. The highest BCUT2D eigenvalue weighted by molar-refractivity contribution is 5.89. The molecule has 0 unspecified atom stereocenters. The van der Waals surface area contributed by atoms with E-state index < -0.39 is 53.7 Å². The molecule has 168 valence electrons. The molecule has 2 amide bonds. The topological polar surface area (TPSA) is 163 Å². The van der Waals surface area contributed by atoms with Crippen molar-refractivity contribution in [3.05, 3.63) is 22.5 Å². The molecule has 30 heavy (non-hydrogen) atoms. The Kier molecular flexibility index (Phi) is 8.84. The van der Waals surface area contributed by atoms with Gasteiger partial charge in [-0.15, -0.1) is 0 Å². The number of carbonyl (C=O) groups is 2. The van der Waals surface area contributed by atoms with Crippen molar-refractivity contribution in [2.45, 2.75) is 76.4 Å². The molecule has 0 radical (unpaired) electrons. The second-order valence-electron chi connectivity index (χ2n) is 7.19. The number of nitrogens with one attached hydrogen (secondary N) is 2. The molecule has 1 aliphatic rings. The Labute approximate surface area is 171 Å². The summed E-state index contributed by atoms with van der Waals surface area (Å²) >= 11 is 0. The molecule has 2 rings (SSSR count). The lowest BCUT2D eigenvalue weighted by molar-refractivity contribution is -0.129. The number of anilines is 1. The maximum Gasteiger partial charge on any atom is 0.351 e. The first kappa shape index (κ1) is 23.9. The lowest BCUT2D eigenvalue weighted by Crippen LogP contribution is -2.36. The highest BCUT2D eigenvalue weighted by atomic mass is 19.1. The molecule has 0 saturated carbocycles. The molecule has 1 saturated heterocycles. The highest BCUT2D eigenvalue weighted by Crippen LogP contribution is 2.28. The molecule has 1 aliphatic heterocycles. The number of hydrogen-bond donors (Lipinski definition) is 5. The second kappa shape index (κ2) is 11.1. The summed E-state index contributed by atoms with van der Waals surface area (Å²) in [6.45, 7) is 1.50. The smallest absolute Gasteiger partial charge is 0.351 e. The molecule has 1 fully saturated rings. The Balaban J connectivity index is 1.81. The fraction of sp³-hybridized carbons (Fsp3) is 0.667. The average molecular weight is 430 g/mol. The summed E-state index contributed by atoms with van der Waals surface area (Å²) in [6, 6.07) is 0. The van der Waals surface area contributed by atoms with Crippen LogP contribution in [0.25, 0.3) is 0 Å². The predicted molar refractivity (Wildman–Crippen MR) is 101 cm³/mol. The van der Waals surface area contributed by atoms with Crippen molar-refractivity contribution in [3.63, 3.8) is 0 Å². The van der Waals surface area contributed by atoms with Gasteiger partial charge in [0.05, 0.1) is 12.3 Å². The number of halogens is 1. The van der Waals surface area contributed by atoms with Crippen LogP contribution < -0.4 is 16.5 Å². The van der Waals surface area contributed by atoms with Crippen molar-refractivity contribution in [1.29, 1.82) is 0 Å². The normalized spacial score (nSPS) is 23.4. The van der Waals surface area contributed by atoms with E-state index in [1.807, 2.05) is 0 Å². The molecule has 12 heteroatoms. The van der Waals surface area contributed by atoms with Gasteiger partial charge in [0.2, 0.25) is 11.8 Å². The summed E-state index contributed by atoms with van der Waals surface area (Å²) < 4.78 is 20.3. The van der Waals surface area contributed by atoms with Crippen molar-refractivity contribution in [2.75, 3.05) is 5.32 Å². The fourth-order valence-corrected chi connectivity index (χ4v) is 3.12. The molecule has 5 N–H and O–H groups in total. The van der Waals surface area contributed by atoms with Gasteiger partial charge in [-0.1, -0.05) is 19.3 Å².